The van der Waals surface area contributed by atoms with E-state index >= 15 is 0 Å². The number of carbonyl (C=O) groups excluding carboxylic acids is 1. The van der Waals surface area contributed by atoms with Crippen molar-refractivity contribution in [2.24, 2.45) is 0 Å². The molecule has 2 rings (SSSR count). The molecule has 7 nitrogen and oxygen atoms in total. The fraction of sp³-hybridized carbons (Fsp3) is 0.333. The summed E-state index contributed by atoms with van der Waals surface area (Å²) in [6.45, 7) is 3.43. The van der Waals surface area contributed by atoms with Crippen molar-refractivity contribution in [3.63, 3.8) is 0 Å². The zero-order chi connectivity index (χ0) is 13.8. The molecule has 0 saturated carbocycles. The lowest BCUT2D eigenvalue weighted by Crippen LogP contribution is -2.10. The molecular weight excluding hydrogens is 250 g/mol. The third kappa shape index (κ3) is 2.87. The lowest BCUT2D eigenvalue weighted by atomic mass is 10.3. The highest BCUT2D eigenvalue weighted by atomic mass is 16.5. The molecule has 0 aliphatic heterocycles. The number of aryl methyl sites for hydroxylation is 1. The third-order valence-electron chi connectivity index (χ3n) is 2.40. The van der Waals surface area contributed by atoms with Crippen molar-refractivity contribution in [3.05, 3.63) is 35.9 Å². The standard InChI is InChI=1S/C12H13N3O4/c1-7-10(12(16)17-3)14-6-9(15-7)19-8(2)11-13-4-5-18-11/h4-6,8H,1-3H3/t8-/m0/s1. The van der Waals surface area contributed by atoms with E-state index in [1.807, 2.05) is 0 Å². The highest BCUT2D eigenvalue weighted by Crippen LogP contribution is 2.18. The Morgan fingerprint density at radius 2 is 2.21 bits per heavy atom. The van der Waals surface area contributed by atoms with Crippen LogP contribution in [0.25, 0.3) is 0 Å². The van der Waals surface area contributed by atoms with Gasteiger partial charge in [-0.15, -0.1) is 0 Å². The SMILES string of the molecule is COC(=O)c1ncc(O[C@@H](C)c2ncco2)nc1C. The first-order valence-electron chi connectivity index (χ1n) is 5.60. The third-order valence-corrected chi connectivity index (χ3v) is 2.40. The van der Waals surface area contributed by atoms with Crippen molar-refractivity contribution in [1.29, 1.82) is 0 Å². The van der Waals surface area contributed by atoms with Gasteiger partial charge in [-0.25, -0.2) is 19.7 Å². The van der Waals surface area contributed by atoms with Crippen LogP contribution in [-0.4, -0.2) is 28.0 Å². The molecule has 2 aromatic heterocycles. The van der Waals surface area contributed by atoms with Crippen LogP contribution >= 0.6 is 0 Å². The molecule has 0 fully saturated rings. The van der Waals surface area contributed by atoms with Gasteiger partial charge >= 0.3 is 5.97 Å². The molecule has 0 aromatic carbocycles. The molecule has 7 heteroatoms. The Balaban J connectivity index is 2.14. The maximum Gasteiger partial charge on any atom is 0.358 e. The number of nitrogens with zero attached hydrogens (tertiary/aromatic N) is 3. The minimum Gasteiger partial charge on any atom is -0.464 e. The molecule has 0 radical (unpaired) electrons. The van der Waals surface area contributed by atoms with Crippen molar-refractivity contribution in [2.45, 2.75) is 20.0 Å². The second kappa shape index (κ2) is 5.47. The maximum absolute atomic E-state index is 11.4. The van der Waals surface area contributed by atoms with Gasteiger partial charge in [0.15, 0.2) is 11.8 Å². The van der Waals surface area contributed by atoms with E-state index in [1.165, 1.54) is 25.8 Å². The van der Waals surface area contributed by atoms with Gasteiger partial charge in [0.05, 0.1) is 25.2 Å². The molecule has 0 bridgehead atoms. The molecule has 0 amide bonds. The van der Waals surface area contributed by atoms with Crippen LogP contribution < -0.4 is 4.74 Å². The van der Waals surface area contributed by atoms with Gasteiger partial charge in [-0.1, -0.05) is 0 Å². The number of oxazole rings is 1. The smallest absolute Gasteiger partial charge is 0.358 e. The first-order valence-corrected chi connectivity index (χ1v) is 5.60. The molecule has 0 spiro atoms. The number of esters is 1. The fourth-order valence-electron chi connectivity index (χ4n) is 1.48. The lowest BCUT2D eigenvalue weighted by Gasteiger charge is -2.11. The van der Waals surface area contributed by atoms with Gasteiger partial charge in [-0.3, -0.25) is 0 Å². The fourth-order valence-corrected chi connectivity index (χ4v) is 1.48. The van der Waals surface area contributed by atoms with E-state index in [1.54, 1.807) is 13.8 Å². The summed E-state index contributed by atoms with van der Waals surface area (Å²) < 4.78 is 15.2. The highest BCUT2D eigenvalue weighted by Gasteiger charge is 2.16. The molecule has 100 valence electrons. The van der Waals surface area contributed by atoms with E-state index in [-0.39, 0.29) is 11.6 Å². The maximum atomic E-state index is 11.4. The average molecular weight is 263 g/mol. The molecule has 0 unspecified atom stereocenters. The lowest BCUT2D eigenvalue weighted by molar-refractivity contribution is 0.0592. The number of hydrogen-bond donors (Lipinski definition) is 0. The van der Waals surface area contributed by atoms with Gasteiger partial charge in [0, 0.05) is 0 Å². The summed E-state index contributed by atoms with van der Waals surface area (Å²) in [7, 11) is 1.29. The number of carbonyl (C=O) groups is 1. The Bertz CT molecular complexity index is 568. The normalized spacial score (nSPS) is 11.9. The summed E-state index contributed by atoms with van der Waals surface area (Å²) in [4.78, 5) is 23.5. The first kappa shape index (κ1) is 13.0. The number of methoxy groups -OCH3 is 1. The minimum atomic E-state index is -0.530. The predicted molar refractivity (Wildman–Crippen MR) is 63.7 cm³/mol. The van der Waals surface area contributed by atoms with Crippen LogP contribution in [0, 0.1) is 6.92 Å². The quantitative estimate of drug-likeness (QED) is 0.775. The van der Waals surface area contributed by atoms with E-state index in [4.69, 9.17) is 9.15 Å². The van der Waals surface area contributed by atoms with Gasteiger partial charge in [0.1, 0.15) is 6.26 Å². The molecule has 0 aliphatic rings. The average Bonchev–Trinajstić information content (AvgIpc) is 2.92. The van der Waals surface area contributed by atoms with Crippen LogP contribution in [0.2, 0.25) is 0 Å². The van der Waals surface area contributed by atoms with E-state index in [9.17, 15) is 4.79 Å². The van der Waals surface area contributed by atoms with E-state index < -0.39 is 12.1 Å². The van der Waals surface area contributed by atoms with Crippen molar-refractivity contribution in [2.75, 3.05) is 7.11 Å². The molecule has 2 aromatic rings. The Morgan fingerprint density at radius 3 is 2.79 bits per heavy atom. The van der Waals surface area contributed by atoms with Gasteiger partial charge in [-0.05, 0) is 13.8 Å². The molecular formula is C12H13N3O4. The van der Waals surface area contributed by atoms with Gasteiger partial charge < -0.3 is 13.9 Å². The molecule has 0 N–H and O–H groups in total. The Kier molecular flexibility index (Phi) is 3.74. The summed E-state index contributed by atoms with van der Waals surface area (Å²) in [5.74, 6) is 0.199. The Hall–Kier alpha value is -2.44. The van der Waals surface area contributed by atoms with Crippen LogP contribution in [0.15, 0.2) is 23.1 Å². The van der Waals surface area contributed by atoms with Gasteiger partial charge in [0.2, 0.25) is 11.8 Å². The number of rotatable bonds is 4. The molecule has 1 atom stereocenters. The molecule has 0 saturated heterocycles. The Labute approximate surface area is 109 Å². The largest absolute Gasteiger partial charge is 0.464 e. The highest BCUT2D eigenvalue weighted by molar-refractivity contribution is 5.88. The van der Waals surface area contributed by atoms with Crippen LogP contribution in [0.3, 0.4) is 0 Å². The second-order valence-corrected chi connectivity index (χ2v) is 3.76. The minimum absolute atomic E-state index is 0.165. The number of aromatic nitrogens is 3. The zero-order valence-corrected chi connectivity index (χ0v) is 10.8. The van der Waals surface area contributed by atoms with E-state index in [2.05, 4.69) is 19.7 Å². The van der Waals surface area contributed by atoms with Crippen LogP contribution in [-0.2, 0) is 4.74 Å². The summed E-state index contributed by atoms with van der Waals surface area (Å²) in [6.07, 6.45) is 3.96. The topological polar surface area (TPSA) is 87.3 Å². The van der Waals surface area contributed by atoms with Crippen molar-refractivity contribution >= 4 is 5.97 Å². The van der Waals surface area contributed by atoms with Gasteiger partial charge in [0.25, 0.3) is 0 Å². The zero-order valence-electron chi connectivity index (χ0n) is 10.8. The number of ether oxygens (including phenoxy) is 2. The molecule has 0 aliphatic carbocycles. The second-order valence-electron chi connectivity index (χ2n) is 3.76. The summed E-state index contributed by atoms with van der Waals surface area (Å²) >= 11 is 0. The van der Waals surface area contributed by atoms with Crippen LogP contribution in [0.5, 0.6) is 5.88 Å². The monoisotopic (exact) mass is 263 g/mol. The van der Waals surface area contributed by atoms with Crippen molar-refractivity contribution < 1.29 is 18.7 Å². The summed E-state index contributed by atoms with van der Waals surface area (Å²) in [5, 5.41) is 0. The van der Waals surface area contributed by atoms with Crippen LogP contribution in [0.1, 0.15) is 35.1 Å². The van der Waals surface area contributed by atoms with Crippen molar-refractivity contribution in [3.8, 4) is 5.88 Å². The first-order chi connectivity index (χ1) is 9.11. The Morgan fingerprint density at radius 1 is 1.42 bits per heavy atom. The van der Waals surface area contributed by atoms with Crippen LogP contribution in [0.4, 0.5) is 0 Å². The summed E-state index contributed by atoms with van der Waals surface area (Å²) in [5.41, 5.74) is 0.600. The van der Waals surface area contributed by atoms with E-state index in [0.717, 1.165) is 0 Å². The number of hydrogen-bond acceptors (Lipinski definition) is 7. The molecule has 2 heterocycles. The van der Waals surface area contributed by atoms with E-state index in [0.29, 0.717) is 11.6 Å². The predicted octanol–water partition coefficient (Wildman–Crippen LogP) is 1.70. The van der Waals surface area contributed by atoms with Gasteiger partial charge in [-0.2, -0.15) is 0 Å². The van der Waals surface area contributed by atoms with Crippen molar-refractivity contribution in [1.82, 2.24) is 15.0 Å². The molecule has 19 heavy (non-hydrogen) atoms. The summed E-state index contributed by atoms with van der Waals surface area (Å²) in [6, 6.07) is 0.